The average Bonchev–Trinajstić information content (AvgIpc) is 3.37. The molecule has 1 unspecified atom stereocenters. The Balaban J connectivity index is 1.58. The van der Waals surface area contributed by atoms with Gasteiger partial charge in [0.25, 0.3) is 0 Å². The van der Waals surface area contributed by atoms with Gasteiger partial charge >= 0.3 is 0 Å². The lowest BCUT2D eigenvalue weighted by molar-refractivity contribution is 0.245. The van der Waals surface area contributed by atoms with Crippen molar-refractivity contribution in [1.82, 2.24) is 20.5 Å². The van der Waals surface area contributed by atoms with E-state index in [0.717, 1.165) is 23.2 Å². The number of aromatic nitrogens is 1. The summed E-state index contributed by atoms with van der Waals surface area (Å²) in [5.41, 5.74) is 2.60. The lowest BCUT2D eigenvalue weighted by Gasteiger charge is -2.28. The molecule has 2 aromatic rings. The fourth-order valence-electron chi connectivity index (χ4n) is 3.50. The molecule has 0 bridgehead atoms. The molecule has 0 aliphatic carbocycles. The third-order valence-electron chi connectivity index (χ3n) is 5.18. The fourth-order valence-corrected chi connectivity index (χ4v) is 4.46. The topological polar surface area (TPSA) is 52.6 Å². The second-order valence-corrected chi connectivity index (χ2v) is 9.30. The Labute approximate surface area is 173 Å². The van der Waals surface area contributed by atoms with Gasteiger partial charge in [0.05, 0.1) is 18.3 Å². The number of hydrogen-bond acceptors (Lipinski definition) is 4. The molecule has 1 atom stereocenters. The summed E-state index contributed by atoms with van der Waals surface area (Å²) in [6.45, 7) is 10.5. The standard InChI is InChI=1S/C22H33N5S/c1-22(2,3)19-16-28-20(26-19)15-25-21(23-4)24-14-18(27-12-8-9-13-27)17-10-6-5-7-11-17/h5-7,10-11,16,18H,8-9,12-15H2,1-4H3,(H2,23,24,25). The van der Waals surface area contributed by atoms with E-state index in [1.807, 2.05) is 7.05 Å². The first-order valence-electron chi connectivity index (χ1n) is 10.2. The van der Waals surface area contributed by atoms with Gasteiger partial charge < -0.3 is 10.6 Å². The van der Waals surface area contributed by atoms with E-state index < -0.39 is 0 Å². The first kappa shape index (κ1) is 20.8. The number of rotatable bonds is 6. The molecule has 2 heterocycles. The fraction of sp³-hybridized carbons (Fsp3) is 0.545. The molecule has 1 aromatic heterocycles. The predicted octanol–water partition coefficient (Wildman–Crippen LogP) is 3.94. The molecule has 152 valence electrons. The third-order valence-corrected chi connectivity index (χ3v) is 6.03. The number of thiazole rings is 1. The van der Waals surface area contributed by atoms with E-state index >= 15 is 0 Å². The monoisotopic (exact) mass is 399 g/mol. The third kappa shape index (κ3) is 5.55. The summed E-state index contributed by atoms with van der Waals surface area (Å²) in [5, 5.41) is 10.2. The largest absolute Gasteiger partial charge is 0.354 e. The number of benzene rings is 1. The number of aliphatic imine (C=N–C) groups is 1. The molecular formula is C22H33N5S. The molecule has 1 aliphatic heterocycles. The molecule has 1 aliphatic rings. The van der Waals surface area contributed by atoms with Crippen molar-refractivity contribution >= 4 is 17.3 Å². The summed E-state index contributed by atoms with van der Waals surface area (Å²) >= 11 is 1.71. The molecule has 28 heavy (non-hydrogen) atoms. The van der Waals surface area contributed by atoms with Gasteiger partial charge in [0, 0.05) is 24.4 Å². The minimum atomic E-state index is 0.0906. The molecular weight excluding hydrogens is 366 g/mol. The van der Waals surface area contributed by atoms with Gasteiger partial charge in [-0.15, -0.1) is 11.3 Å². The van der Waals surface area contributed by atoms with Gasteiger partial charge in [-0.05, 0) is 31.5 Å². The summed E-state index contributed by atoms with van der Waals surface area (Å²) in [5.74, 6) is 0.827. The van der Waals surface area contributed by atoms with Crippen LogP contribution in [0, 0.1) is 0 Å². The average molecular weight is 400 g/mol. The van der Waals surface area contributed by atoms with Crippen LogP contribution in [-0.2, 0) is 12.0 Å². The van der Waals surface area contributed by atoms with Crippen molar-refractivity contribution in [1.29, 1.82) is 0 Å². The van der Waals surface area contributed by atoms with Crippen LogP contribution in [-0.4, -0.2) is 42.5 Å². The maximum atomic E-state index is 4.76. The van der Waals surface area contributed by atoms with Crippen LogP contribution in [0.15, 0.2) is 40.7 Å². The first-order chi connectivity index (χ1) is 13.5. The SMILES string of the molecule is CN=C(NCc1nc(C(C)(C)C)cs1)NCC(c1ccccc1)N1CCCC1. The Morgan fingerprint density at radius 1 is 1.18 bits per heavy atom. The van der Waals surface area contributed by atoms with E-state index in [2.05, 4.69) is 77.0 Å². The second kappa shape index (κ2) is 9.52. The Morgan fingerprint density at radius 3 is 2.50 bits per heavy atom. The molecule has 0 radical (unpaired) electrons. The van der Waals surface area contributed by atoms with Gasteiger partial charge in [-0.25, -0.2) is 4.98 Å². The van der Waals surface area contributed by atoms with E-state index in [0.29, 0.717) is 12.6 Å². The highest BCUT2D eigenvalue weighted by Gasteiger charge is 2.23. The number of hydrogen-bond donors (Lipinski definition) is 2. The molecule has 0 spiro atoms. The van der Waals surface area contributed by atoms with Gasteiger partial charge in [0.15, 0.2) is 5.96 Å². The Bertz CT molecular complexity index is 757. The molecule has 5 nitrogen and oxygen atoms in total. The van der Waals surface area contributed by atoms with Crippen LogP contribution in [0.2, 0.25) is 0 Å². The lowest BCUT2D eigenvalue weighted by atomic mass is 9.93. The summed E-state index contributed by atoms with van der Waals surface area (Å²) in [6, 6.07) is 11.2. The zero-order valence-electron chi connectivity index (χ0n) is 17.5. The predicted molar refractivity (Wildman–Crippen MR) is 119 cm³/mol. The Hall–Kier alpha value is -1.92. The van der Waals surface area contributed by atoms with Crippen LogP contribution < -0.4 is 10.6 Å². The van der Waals surface area contributed by atoms with Crippen LogP contribution in [0.4, 0.5) is 0 Å². The molecule has 1 saturated heterocycles. The van der Waals surface area contributed by atoms with Crippen LogP contribution in [0.3, 0.4) is 0 Å². The van der Waals surface area contributed by atoms with Crippen molar-refractivity contribution in [3.8, 4) is 0 Å². The number of nitrogens with zero attached hydrogens (tertiary/aromatic N) is 3. The highest BCUT2D eigenvalue weighted by atomic mass is 32.1. The van der Waals surface area contributed by atoms with E-state index in [1.165, 1.54) is 31.5 Å². The Morgan fingerprint density at radius 2 is 1.89 bits per heavy atom. The zero-order valence-corrected chi connectivity index (χ0v) is 18.4. The molecule has 1 aromatic carbocycles. The molecule has 1 fully saturated rings. The van der Waals surface area contributed by atoms with E-state index in [1.54, 1.807) is 11.3 Å². The zero-order chi connectivity index (χ0) is 20.0. The number of guanidine groups is 1. The quantitative estimate of drug-likeness (QED) is 0.571. The van der Waals surface area contributed by atoms with Crippen molar-refractivity contribution in [2.45, 2.75) is 51.6 Å². The highest BCUT2D eigenvalue weighted by molar-refractivity contribution is 7.09. The molecule has 2 N–H and O–H groups in total. The van der Waals surface area contributed by atoms with E-state index in [9.17, 15) is 0 Å². The number of nitrogens with one attached hydrogen (secondary N) is 2. The summed E-state index contributed by atoms with van der Waals surface area (Å²) < 4.78 is 0. The van der Waals surface area contributed by atoms with Gasteiger partial charge in [0.2, 0.25) is 0 Å². The van der Waals surface area contributed by atoms with Crippen molar-refractivity contribution < 1.29 is 0 Å². The highest BCUT2D eigenvalue weighted by Crippen LogP contribution is 2.25. The summed E-state index contributed by atoms with van der Waals surface area (Å²) in [6.07, 6.45) is 2.58. The molecule has 3 rings (SSSR count). The minimum absolute atomic E-state index is 0.0906. The number of likely N-dealkylation sites (tertiary alicyclic amines) is 1. The lowest BCUT2D eigenvalue weighted by Crippen LogP contribution is -2.42. The van der Waals surface area contributed by atoms with Crippen molar-refractivity contribution in [2.75, 3.05) is 26.7 Å². The molecule has 0 saturated carbocycles. The van der Waals surface area contributed by atoms with E-state index in [4.69, 9.17) is 4.98 Å². The van der Waals surface area contributed by atoms with Gasteiger partial charge in [-0.3, -0.25) is 9.89 Å². The summed E-state index contributed by atoms with van der Waals surface area (Å²) in [7, 11) is 1.82. The van der Waals surface area contributed by atoms with Crippen LogP contribution >= 0.6 is 11.3 Å². The van der Waals surface area contributed by atoms with Crippen LogP contribution in [0.5, 0.6) is 0 Å². The van der Waals surface area contributed by atoms with Crippen molar-refractivity contribution in [3.05, 3.63) is 52.0 Å². The molecule has 6 heteroatoms. The summed E-state index contributed by atoms with van der Waals surface area (Å²) in [4.78, 5) is 11.7. The van der Waals surface area contributed by atoms with Gasteiger partial charge in [-0.1, -0.05) is 51.1 Å². The molecule has 0 amide bonds. The minimum Gasteiger partial charge on any atom is -0.354 e. The second-order valence-electron chi connectivity index (χ2n) is 8.35. The van der Waals surface area contributed by atoms with Gasteiger partial charge in [-0.2, -0.15) is 0 Å². The van der Waals surface area contributed by atoms with E-state index in [-0.39, 0.29) is 5.41 Å². The smallest absolute Gasteiger partial charge is 0.191 e. The first-order valence-corrected chi connectivity index (χ1v) is 11.0. The van der Waals surface area contributed by atoms with Crippen molar-refractivity contribution in [3.63, 3.8) is 0 Å². The maximum absolute atomic E-state index is 4.76. The normalized spacial score (nSPS) is 16.9. The van der Waals surface area contributed by atoms with Crippen LogP contribution in [0.1, 0.15) is 55.9 Å². The van der Waals surface area contributed by atoms with Crippen molar-refractivity contribution in [2.24, 2.45) is 4.99 Å². The van der Waals surface area contributed by atoms with Crippen LogP contribution in [0.25, 0.3) is 0 Å². The maximum Gasteiger partial charge on any atom is 0.191 e. The van der Waals surface area contributed by atoms with Gasteiger partial charge in [0.1, 0.15) is 5.01 Å². The Kier molecular flexibility index (Phi) is 7.08.